The number of benzene rings is 1. The fourth-order valence-corrected chi connectivity index (χ4v) is 2.01. The molecule has 67 valence electrons. The maximum Gasteiger partial charge on any atom is 0.0504 e. The lowest BCUT2D eigenvalue weighted by Crippen LogP contribution is -1.96. The van der Waals surface area contributed by atoms with Crippen LogP contribution >= 0.6 is 0 Å². The van der Waals surface area contributed by atoms with Crippen molar-refractivity contribution in [2.75, 3.05) is 6.54 Å². The van der Waals surface area contributed by atoms with E-state index in [-0.39, 0.29) is 8.41 Å². The lowest BCUT2D eigenvalue weighted by atomic mass is 10.1. The largest absolute Gasteiger partial charge is 0.290 e. The fraction of sp³-hybridized carbons (Fsp3) is 0.455. The summed E-state index contributed by atoms with van der Waals surface area (Å²) in [5.74, 6) is 0. The molecular formula is C11H15BN. The van der Waals surface area contributed by atoms with Crippen molar-refractivity contribution in [1.29, 1.82) is 0 Å². The average Bonchev–Trinajstić information content (AvgIpc) is 2.78. The van der Waals surface area contributed by atoms with Crippen LogP contribution < -0.4 is 0 Å². The van der Waals surface area contributed by atoms with E-state index < -0.39 is 0 Å². The van der Waals surface area contributed by atoms with E-state index in [9.17, 15) is 0 Å². The van der Waals surface area contributed by atoms with Gasteiger partial charge in [0.2, 0.25) is 0 Å². The number of nitrogens with zero attached hydrogens (tertiary/aromatic N) is 1. The molecule has 1 aliphatic heterocycles. The van der Waals surface area contributed by atoms with Crippen molar-refractivity contribution in [3.05, 3.63) is 35.9 Å². The Kier molecular flexibility index (Phi) is 3.15. The van der Waals surface area contributed by atoms with Gasteiger partial charge >= 0.3 is 0 Å². The molecule has 0 aromatic heterocycles. The predicted octanol–water partition coefficient (Wildman–Crippen LogP) is 2.07. The number of hydrogen-bond donors (Lipinski definition) is 0. The number of hydrogen-bond acceptors (Lipinski definition) is 1. The van der Waals surface area contributed by atoms with Crippen LogP contribution in [0, 0.1) is 0 Å². The maximum atomic E-state index is 2.50. The summed E-state index contributed by atoms with van der Waals surface area (Å²) in [6.45, 7) is 5.68. The van der Waals surface area contributed by atoms with Gasteiger partial charge in [-0.2, -0.15) is 0 Å². The first-order valence-corrected chi connectivity index (χ1v) is 4.65. The summed E-state index contributed by atoms with van der Waals surface area (Å²) in [7, 11) is 0. The van der Waals surface area contributed by atoms with Crippen LogP contribution in [-0.2, 0) is 0 Å². The van der Waals surface area contributed by atoms with Crippen LogP contribution in [0.5, 0.6) is 0 Å². The molecule has 2 heteroatoms. The Labute approximate surface area is 82.3 Å². The van der Waals surface area contributed by atoms with Crippen LogP contribution in [0.4, 0.5) is 0 Å². The smallest absolute Gasteiger partial charge is 0.0504 e. The summed E-state index contributed by atoms with van der Waals surface area (Å²) in [6, 6.07) is 12.2. The van der Waals surface area contributed by atoms with Crippen molar-refractivity contribution in [2.45, 2.75) is 25.9 Å². The number of rotatable bonds is 2. The molecule has 1 fully saturated rings. The quantitative estimate of drug-likeness (QED) is 0.487. The van der Waals surface area contributed by atoms with Gasteiger partial charge in [0.1, 0.15) is 0 Å². The van der Waals surface area contributed by atoms with Gasteiger partial charge in [-0.05, 0) is 19.0 Å². The zero-order valence-corrected chi connectivity index (χ0v) is 8.27. The molecule has 1 aliphatic rings. The van der Waals surface area contributed by atoms with Crippen molar-refractivity contribution in [3.63, 3.8) is 0 Å². The van der Waals surface area contributed by atoms with Gasteiger partial charge in [-0.25, -0.2) is 0 Å². The molecule has 2 rings (SSSR count). The Bertz CT molecular complexity index is 260. The second kappa shape index (κ2) is 3.97. The third-order valence-electron chi connectivity index (χ3n) is 2.75. The van der Waals surface area contributed by atoms with Gasteiger partial charge in [0.25, 0.3) is 0 Å². The van der Waals surface area contributed by atoms with Crippen molar-refractivity contribution >= 4 is 8.41 Å². The highest BCUT2D eigenvalue weighted by Gasteiger charge is 2.42. The Morgan fingerprint density at radius 2 is 1.85 bits per heavy atom. The SMILES string of the molecule is CCN1[C@H](C)[C@@H]1c1ccccc1.[B]. The van der Waals surface area contributed by atoms with E-state index >= 15 is 0 Å². The van der Waals surface area contributed by atoms with Gasteiger partial charge in [-0.1, -0.05) is 37.3 Å². The molecule has 0 bridgehead atoms. The van der Waals surface area contributed by atoms with Gasteiger partial charge in [0, 0.05) is 14.5 Å². The third-order valence-corrected chi connectivity index (χ3v) is 2.75. The van der Waals surface area contributed by atoms with Crippen molar-refractivity contribution in [1.82, 2.24) is 4.90 Å². The molecule has 0 N–H and O–H groups in total. The van der Waals surface area contributed by atoms with E-state index in [1.165, 1.54) is 12.1 Å². The Morgan fingerprint density at radius 1 is 1.23 bits per heavy atom. The van der Waals surface area contributed by atoms with Crippen molar-refractivity contribution in [3.8, 4) is 0 Å². The molecule has 1 saturated heterocycles. The zero-order chi connectivity index (χ0) is 8.55. The molecular weight excluding hydrogens is 157 g/mol. The van der Waals surface area contributed by atoms with Gasteiger partial charge in [0.15, 0.2) is 0 Å². The third kappa shape index (κ3) is 1.78. The summed E-state index contributed by atoms with van der Waals surface area (Å²) < 4.78 is 0. The lowest BCUT2D eigenvalue weighted by molar-refractivity contribution is 0.518. The minimum absolute atomic E-state index is 0. The molecule has 3 atom stereocenters. The van der Waals surface area contributed by atoms with Gasteiger partial charge < -0.3 is 0 Å². The van der Waals surface area contributed by atoms with E-state index in [0.29, 0.717) is 6.04 Å². The molecule has 1 nitrogen and oxygen atoms in total. The van der Waals surface area contributed by atoms with E-state index in [1.807, 2.05) is 0 Å². The van der Waals surface area contributed by atoms with E-state index in [2.05, 4.69) is 49.1 Å². The zero-order valence-electron chi connectivity index (χ0n) is 8.27. The van der Waals surface area contributed by atoms with Crippen molar-refractivity contribution in [2.24, 2.45) is 0 Å². The summed E-state index contributed by atoms with van der Waals surface area (Å²) in [4.78, 5) is 2.50. The van der Waals surface area contributed by atoms with Crippen LogP contribution in [0.1, 0.15) is 25.5 Å². The first-order valence-electron chi connectivity index (χ1n) is 4.65. The molecule has 0 aliphatic carbocycles. The summed E-state index contributed by atoms with van der Waals surface area (Å²) >= 11 is 0. The van der Waals surface area contributed by atoms with E-state index in [1.54, 1.807) is 0 Å². The summed E-state index contributed by atoms with van der Waals surface area (Å²) in [5, 5.41) is 0. The molecule has 0 amide bonds. The van der Waals surface area contributed by atoms with Crippen LogP contribution in [-0.4, -0.2) is 25.9 Å². The predicted molar refractivity (Wildman–Crippen MR) is 56.8 cm³/mol. The van der Waals surface area contributed by atoms with Crippen LogP contribution in [0.25, 0.3) is 0 Å². The van der Waals surface area contributed by atoms with Gasteiger partial charge in [-0.15, -0.1) is 0 Å². The van der Waals surface area contributed by atoms with Gasteiger partial charge in [-0.3, -0.25) is 4.90 Å². The van der Waals surface area contributed by atoms with Crippen LogP contribution in [0.15, 0.2) is 30.3 Å². The molecule has 1 heterocycles. The normalized spacial score (nSPS) is 30.8. The van der Waals surface area contributed by atoms with Crippen LogP contribution in [0.2, 0.25) is 0 Å². The topological polar surface area (TPSA) is 3.01 Å². The van der Waals surface area contributed by atoms with Crippen LogP contribution in [0.3, 0.4) is 0 Å². The highest BCUT2D eigenvalue weighted by Crippen LogP contribution is 2.41. The molecule has 0 spiro atoms. The second-order valence-electron chi connectivity index (χ2n) is 3.43. The standard InChI is InChI=1S/C11H15N.B/c1-3-12-9(2)11(12)10-7-5-4-6-8-10;/h4-9,11H,3H2,1-2H3;/t9-,11-,12?;/m1./s1. The highest BCUT2D eigenvalue weighted by molar-refractivity contribution is 5.75. The Hall–Kier alpha value is -0.755. The molecule has 13 heavy (non-hydrogen) atoms. The molecule has 1 aromatic rings. The maximum absolute atomic E-state index is 2.50. The minimum Gasteiger partial charge on any atom is -0.290 e. The second-order valence-corrected chi connectivity index (χ2v) is 3.43. The lowest BCUT2D eigenvalue weighted by Gasteiger charge is -1.98. The Morgan fingerprint density at radius 3 is 2.31 bits per heavy atom. The molecule has 1 aromatic carbocycles. The number of likely N-dealkylation sites (N-methyl/N-ethyl adjacent to an activating group) is 1. The highest BCUT2D eigenvalue weighted by atomic mass is 15.3. The fourth-order valence-electron chi connectivity index (χ4n) is 2.01. The molecule has 3 radical (unpaired) electrons. The summed E-state index contributed by atoms with van der Waals surface area (Å²) in [6.07, 6.45) is 0. The average molecular weight is 172 g/mol. The molecule has 1 unspecified atom stereocenters. The Balaban J connectivity index is 0.000000845. The summed E-state index contributed by atoms with van der Waals surface area (Å²) in [5.41, 5.74) is 1.46. The van der Waals surface area contributed by atoms with E-state index in [0.717, 1.165) is 6.04 Å². The molecule has 0 saturated carbocycles. The first kappa shape index (κ1) is 10.3. The van der Waals surface area contributed by atoms with Gasteiger partial charge in [0.05, 0.1) is 6.04 Å². The minimum atomic E-state index is 0. The first-order chi connectivity index (χ1) is 5.84. The van der Waals surface area contributed by atoms with E-state index in [4.69, 9.17) is 0 Å². The monoisotopic (exact) mass is 172 g/mol. The van der Waals surface area contributed by atoms with Crippen molar-refractivity contribution < 1.29 is 0 Å².